The Morgan fingerprint density at radius 1 is 1.03 bits per heavy atom. The number of rotatable bonds is 7. The van der Waals surface area contributed by atoms with Gasteiger partial charge in [0, 0.05) is 16.6 Å². The molecule has 9 heteroatoms. The Bertz CT molecular complexity index is 1230. The summed E-state index contributed by atoms with van der Waals surface area (Å²) in [7, 11) is 4.61. The largest absolute Gasteiger partial charge is 0.493 e. The second-order valence-corrected chi connectivity index (χ2v) is 8.99. The molecule has 0 spiro atoms. The second kappa shape index (κ2) is 10.7. The molecule has 1 N–H and O–H groups in total. The lowest BCUT2D eigenvalue weighted by Gasteiger charge is -2.22. The molecular formula is C26H25FN2O5S. The van der Waals surface area contributed by atoms with Gasteiger partial charge in [0.1, 0.15) is 12.4 Å². The van der Waals surface area contributed by atoms with Crippen LogP contribution in [0.25, 0.3) is 0 Å². The summed E-state index contributed by atoms with van der Waals surface area (Å²) >= 11 is 1.52. The number of nitrogens with one attached hydrogen (secondary N) is 1. The van der Waals surface area contributed by atoms with Crippen LogP contribution >= 0.6 is 11.8 Å². The molecule has 4 rings (SSSR count). The summed E-state index contributed by atoms with van der Waals surface area (Å²) < 4.78 is 30.4. The lowest BCUT2D eigenvalue weighted by molar-refractivity contribution is -0.121. The highest BCUT2D eigenvalue weighted by Gasteiger charge is 2.31. The minimum atomic E-state index is -0.540. The van der Waals surface area contributed by atoms with Crippen molar-refractivity contribution < 1.29 is 28.2 Å². The van der Waals surface area contributed by atoms with Crippen molar-refractivity contribution in [3.63, 3.8) is 0 Å². The fourth-order valence-corrected chi connectivity index (χ4v) is 5.18. The molecule has 0 aromatic heterocycles. The zero-order valence-corrected chi connectivity index (χ0v) is 20.4. The normalized spacial score (nSPS) is 15.1. The molecule has 0 saturated carbocycles. The van der Waals surface area contributed by atoms with Gasteiger partial charge in [-0.1, -0.05) is 24.3 Å². The molecule has 3 aromatic rings. The Morgan fingerprint density at radius 3 is 2.34 bits per heavy atom. The predicted molar refractivity (Wildman–Crippen MR) is 133 cm³/mol. The van der Waals surface area contributed by atoms with Gasteiger partial charge in [0.15, 0.2) is 11.5 Å². The van der Waals surface area contributed by atoms with E-state index >= 15 is 0 Å². The van der Waals surface area contributed by atoms with Crippen molar-refractivity contribution in [3.05, 3.63) is 72.0 Å². The summed E-state index contributed by atoms with van der Waals surface area (Å²) in [6.45, 7) is -0.243. The van der Waals surface area contributed by atoms with Gasteiger partial charge in [-0.3, -0.25) is 9.59 Å². The Labute approximate surface area is 207 Å². The zero-order valence-electron chi connectivity index (χ0n) is 19.5. The van der Waals surface area contributed by atoms with Crippen molar-refractivity contribution in [2.24, 2.45) is 0 Å². The van der Waals surface area contributed by atoms with E-state index in [1.807, 2.05) is 30.3 Å². The minimum Gasteiger partial charge on any atom is -0.493 e. The SMILES string of the molecule is COc1cc([C@H]2CC(=O)N(CC(=O)Nc3ccccc3F)c3ccccc3S2)cc(OC)c1OC. The molecule has 2 amide bonds. The van der Waals surface area contributed by atoms with Crippen LogP contribution in [0.15, 0.2) is 65.6 Å². The van der Waals surface area contributed by atoms with E-state index in [-0.39, 0.29) is 29.8 Å². The van der Waals surface area contributed by atoms with E-state index in [1.54, 1.807) is 18.2 Å². The van der Waals surface area contributed by atoms with Crippen LogP contribution in [0.5, 0.6) is 17.2 Å². The van der Waals surface area contributed by atoms with Gasteiger partial charge in [-0.25, -0.2) is 4.39 Å². The van der Waals surface area contributed by atoms with Gasteiger partial charge in [0.05, 0.1) is 32.7 Å². The molecular weight excluding hydrogens is 471 g/mol. The average Bonchev–Trinajstić information content (AvgIpc) is 3.00. The lowest BCUT2D eigenvalue weighted by atomic mass is 10.1. The molecule has 182 valence electrons. The highest BCUT2D eigenvalue weighted by molar-refractivity contribution is 7.99. The van der Waals surface area contributed by atoms with Crippen LogP contribution in [0, 0.1) is 5.82 Å². The number of methoxy groups -OCH3 is 3. The molecule has 7 nitrogen and oxygen atoms in total. The quantitative estimate of drug-likeness (QED) is 0.493. The first-order chi connectivity index (χ1) is 16.9. The minimum absolute atomic E-state index is 0.0673. The molecule has 1 aliphatic heterocycles. The van der Waals surface area contributed by atoms with Gasteiger partial charge in [-0.15, -0.1) is 11.8 Å². The summed E-state index contributed by atoms with van der Waals surface area (Å²) in [5.74, 6) is 0.193. The van der Waals surface area contributed by atoms with Crippen molar-refractivity contribution in [2.45, 2.75) is 16.6 Å². The van der Waals surface area contributed by atoms with Crippen molar-refractivity contribution in [2.75, 3.05) is 38.1 Å². The number of ether oxygens (including phenoxy) is 3. The summed E-state index contributed by atoms with van der Waals surface area (Å²) in [4.78, 5) is 28.5. The van der Waals surface area contributed by atoms with Gasteiger partial charge in [0.25, 0.3) is 0 Å². The molecule has 1 heterocycles. The molecule has 0 aliphatic carbocycles. The third kappa shape index (κ3) is 5.19. The first kappa shape index (κ1) is 24.4. The van der Waals surface area contributed by atoms with Crippen LogP contribution in [0.3, 0.4) is 0 Å². The number of nitrogens with zero attached hydrogens (tertiary/aromatic N) is 1. The molecule has 0 radical (unpaired) electrons. The van der Waals surface area contributed by atoms with E-state index in [0.717, 1.165) is 10.5 Å². The van der Waals surface area contributed by atoms with Crippen LogP contribution in [0.4, 0.5) is 15.8 Å². The average molecular weight is 497 g/mol. The summed E-state index contributed by atoms with van der Waals surface area (Å²) in [5, 5.41) is 2.29. The molecule has 35 heavy (non-hydrogen) atoms. The number of para-hydroxylation sites is 2. The van der Waals surface area contributed by atoms with E-state index in [4.69, 9.17) is 14.2 Å². The van der Waals surface area contributed by atoms with Gasteiger partial charge >= 0.3 is 0 Å². The van der Waals surface area contributed by atoms with Crippen LogP contribution in [0.2, 0.25) is 0 Å². The van der Waals surface area contributed by atoms with Crippen LogP contribution < -0.4 is 24.4 Å². The number of hydrogen-bond acceptors (Lipinski definition) is 6. The van der Waals surface area contributed by atoms with E-state index in [1.165, 1.54) is 50.1 Å². The number of hydrogen-bond donors (Lipinski definition) is 1. The fourth-order valence-electron chi connectivity index (χ4n) is 3.92. The predicted octanol–water partition coefficient (Wildman–Crippen LogP) is 5.06. The Kier molecular flexibility index (Phi) is 7.45. The van der Waals surface area contributed by atoms with Gasteiger partial charge in [-0.2, -0.15) is 0 Å². The summed E-state index contributed by atoms with van der Waals surface area (Å²) in [6.07, 6.45) is 0.130. The van der Waals surface area contributed by atoms with Crippen LogP contribution in [-0.4, -0.2) is 39.7 Å². The number of carbonyl (C=O) groups is 2. The third-order valence-corrected chi connectivity index (χ3v) is 6.92. The highest BCUT2D eigenvalue weighted by Crippen LogP contribution is 2.49. The van der Waals surface area contributed by atoms with E-state index in [0.29, 0.717) is 22.9 Å². The van der Waals surface area contributed by atoms with Crippen molar-refractivity contribution in [1.82, 2.24) is 0 Å². The number of thioether (sulfide) groups is 1. The van der Waals surface area contributed by atoms with Crippen LogP contribution in [0.1, 0.15) is 17.2 Å². The highest BCUT2D eigenvalue weighted by atomic mass is 32.2. The van der Waals surface area contributed by atoms with E-state index in [9.17, 15) is 14.0 Å². The maximum atomic E-state index is 14.0. The maximum absolute atomic E-state index is 14.0. The molecule has 0 bridgehead atoms. The summed E-state index contributed by atoms with van der Waals surface area (Å²) in [6, 6.07) is 17.0. The molecule has 3 aromatic carbocycles. The van der Waals surface area contributed by atoms with Crippen LogP contribution in [-0.2, 0) is 9.59 Å². The fraction of sp³-hybridized carbons (Fsp3) is 0.231. The monoisotopic (exact) mass is 496 g/mol. The smallest absolute Gasteiger partial charge is 0.244 e. The number of benzene rings is 3. The topological polar surface area (TPSA) is 77.1 Å². The standard InChI is InChI=1S/C26H25FN2O5S/c1-32-20-12-16(13-21(33-2)26(20)34-3)23-14-25(31)29(19-10-6-7-11-22(19)35-23)15-24(30)28-18-9-5-4-8-17(18)27/h4-13,23H,14-15H2,1-3H3,(H,28,30)/t23-/m1/s1. The van der Waals surface area contributed by atoms with E-state index in [2.05, 4.69) is 5.32 Å². The number of anilines is 2. The van der Waals surface area contributed by atoms with Crippen molar-refractivity contribution in [3.8, 4) is 17.2 Å². The van der Waals surface area contributed by atoms with Gasteiger partial charge in [0.2, 0.25) is 17.6 Å². The third-order valence-electron chi connectivity index (χ3n) is 5.59. The lowest BCUT2D eigenvalue weighted by Crippen LogP contribution is -2.38. The molecule has 0 saturated heterocycles. The van der Waals surface area contributed by atoms with E-state index < -0.39 is 11.7 Å². The number of halogens is 1. The van der Waals surface area contributed by atoms with Crippen molar-refractivity contribution >= 4 is 35.0 Å². The Morgan fingerprint density at radius 2 is 1.69 bits per heavy atom. The number of amides is 2. The maximum Gasteiger partial charge on any atom is 0.244 e. The first-order valence-electron chi connectivity index (χ1n) is 10.9. The number of carbonyl (C=O) groups excluding carboxylic acids is 2. The van der Waals surface area contributed by atoms with Gasteiger partial charge < -0.3 is 24.4 Å². The Hall–Kier alpha value is -3.72. The number of fused-ring (bicyclic) bond motifs is 1. The van der Waals surface area contributed by atoms with Gasteiger partial charge in [-0.05, 0) is 42.0 Å². The molecule has 1 atom stereocenters. The first-order valence-corrected chi connectivity index (χ1v) is 11.7. The molecule has 0 unspecified atom stereocenters. The summed E-state index contributed by atoms with van der Waals surface area (Å²) in [5.41, 5.74) is 1.52. The molecule has 0 fully saturated rings. The van der Waals surface area contributed by atoms with Crippen molar-refractivity contribution in [1.29, 1.82) is 0 Å². The second-order valence-electron chi connectivity index (χ2n) is 7.74. The Balaban J connectivity index is 1.64. The molecule has 1 aliphatic rings. The zero-order chi connectivity index (χ0) is 24.9.